The third kappa shape index (κ3) is 8.57. The lowest BCUT2D eigenvalue weighted by Gasteiger charge is -2.22. The maximum atomic E-state index is 13.7. The molecule has 0 fully saturated rings. The molecule has 1 N–H and O–H groups in total. The van der Waals surface area contributed by atoms with Crippen molar-refractivity contribution in [2.24, 2.45) is 12.0 Å². The lowest BCUT2D eigenvalue weighted by Crippen LogP contribution is -2.37. The quantitative estimate of drug-likeness (QED) is 0.0590. The van der Waals surface area contributed by atoms with E-state index in [0.717, 1.165) is 38.2 Å². The number of aliphatic imine (C=N–C) groups is 1. The third-order valence-corrected chi connectivity index (χ3v) is 13.6. The largest absolute Gasteiger partial charge is 0.493 e. The number of fused-ring (bicyclic) bond motifs is 5. The number of thiophene rings is 1. The van der Waals surface area contributed by atoms with Crippen LogP contribution in [0.4, 0.5) is 17.2 Å². The van der Waals surface area contributed by atoms with Gasteiger partial charge in [0.25, 0.3) is 5.91 Å². The number of imidazole rings is 1. The van der Waals surface area contributed by atoms with Crippen LogP contribution in [0.25, 0.3) is 10.1 Å². The van der Waals surface area contributed by atoms with Crippen LogP contribution in [0.3, 0.4) is 0 Å². The minimum absolute atomic E-state index is 0.0227. The van der Waals surface area contributed by atoms with Crippen molar-refractivity contribution in [3.05, 3.63) is 94.3 Å². The maximum Gasteiger partial charge on any atom is 0.261 e. The van der Waals surface area contributed by atoms with Crippen molar-refractivity contribution in [3.8, 4) is 11.5 Å². The molecule has 4 heterocycles. The molecule has 2 aliphatic rings. The Hall–Kier alpha value is -4.92. The van der Waals surface area contributed by atoms with Crippen LogP contribution in [0.15, 0.2) is 71.9 Å². The number of nitrogens with zero attached hydrogens (tertiary/aromatic N) is 4. The second kappa shape index (κ2) is 16.7. The van der Waals surface area contributed by atoms with Crippen molar-refractivity contribution >= 4 is 89.8 Å². The van der Waals surface area contributed by atoms with Crippen molar-refractivity contribution in [1.29, 1.82) is 0 Å². The molecule has 0 radical (unpaired) electrons. The Labute approximate surface area is 337 Å². The Kier molecular flexibility index (Phi) is 11.7. The predicted octanol–water partition coefficient (Wildman–Crippen LogP) is 8.91. The molecule has 7 rings (SSSR count). The van der Waals surface area contributed by atoms with E-state index in [4.69, 9.17) is 9.47 Å². The van der Waals surface area contributed by atoms with Crippen LogP contribution in [0.2, 0.25) is 0 Å². The van der Waals surface area contributed by atoms with E-state index in [1.807, 2.05) is 54.8 Å². The average Bonchev–Trinajstić information content (AvgIpc) is 3.86. The number of anilines is 2. The van der Waals surface area contributed by atoms with Crippen LogP contribution in [0, 0.1) is 0 Å². The van der Waals surface area contributed by atoms with Gasteiger partial charge < -0.3 is 19.4 Å². The fourth-order valence-electron chi connectivity index (χ4n) is 7.00. The first kappa shape index (κ1) is 39.3. The van der Waals surface area contributed by atoms with E-state index < -0.39 is 0 Å². The summed E-state index contributed by atoms with van der Waals surface area (Å²) in [6, 6.07) is 18.8. The molecule has 290 valence electrons. The molecule has 3 aromatic carbocycles. The first-order valence-electron chi connectivity index (χ1n) is 18.4. The standard InChI is InChI=1S/C42H43N5O6S3/c1-42(2,56-54-5)15-14-32(48)37-20-27-17-25(12-13-36(27)55-37)18-33(49)40-45-38(24-46(40)3)44-39(50)11-8-16-53-35-22-30-29(21-34(35)52-4)41(51)47-28(23-43-30)19-26-9-6-7-10-31(26)47/h6-7,9-10,12-13,17,20-24,28H,8,11,14-16,18-19H2,1-5H3,(H,44,50)/t28-/m0/s1. The maximum absolute atomic E-state index is 13.7. The molecule has 2 amide bonds. The highest BCUT2D eigenvalue weighted by atomic mass is 33.1. The molecular formula is C42H43N5O6S3. The van der Waals surface area contributed by atoms with Crippen LogP contribution in [-0.4, -0.2) is 69.9 Å². The molecule has 0 saturated heterocycles. The Morgan fingerprint density at radius 2 is 1.86 bits per heavy atom. The number of aryl methyl sites for hydroxylation is 1. The van der Waals surface area contributed by atoms with E-state index in [-0.39, 0.29) is 65.3 Å². The van der Waals surface area contributed by atoms with Gasteiger partial charge in [-0.05, 0) is 79.8 Å². The molecule has 0 aliphatic carbocycles. The van der Waals surface area contributed by atoms with Crippen LogP contribution < -0.4 is 19.7 Å². The van der Waals surface area contributed by atoms with Gasteiger partial charge in [0.2, 0.25) is 11.7 Å². The van der Waals surface area contributed by atoms with Crippen LogP contribution in [0.1, 0.15) is 81.3 Å². The summed E-state index contributed by atoms with van der Waals surface area (Å²) in [5.41, 5.74) is 3.75. The minimum atomic E-state index is -0.268. The SMILES string of the molecule is COc1cc2c(cc1OCCCC(=O)Nc1cn(C)c(C(=O)Cc3ccc4sc(C(=O)CCC(C)(C)SSC)cc4c3)n1)N=C[C@@H]1Cc3ccccc3N1C2=O. The van der Waals surface area contributed by atoms with Crippen molar-refractivity contribution in [2.75, 3.05) is 30.2 Å². The number of amides is 2. The number of Topliss-reactive ketones (excluding diaryl/α,β-unsaturated/α-hetero) is 2. The summed E-state index contributed by atoms with van der Waals surface area (Å²) in [6.45, 7) is 4.53. The van der Waals surface area contributed by atoms with E-state index in [0.29, 0.717) is 42.0 Å². The summed E-state index contributed by atoms with van der Waals surface area (Å²) in [5, 5.41) is 3.73. The van der Waals surface area contributed by atoms with E-state index in [2.05, 4.69) is 29.1 Å². The van der Waals surface area contributed by atoms with Crippen molar-refractivity contribution < 1.29 is 28.7 Å². The Bertz CT molecular complexity index is 2370. The van der Waals surface area contributed by atoms with Crippen molar-refractivity contribution in [2.45, 2.75) is 63.2 Å². The lowest BCUT2D eigenvalue weighted by atomic mass is 10.0. The predicted molar refractivity (Wildman–Crippen MR) is 227 cm³/mol. The van der Waals surface area contributed by atoms with E-state index >= 15 is 0 Å². The van der Waals surface area contributed by atoms with Gasteiger partial charge in [-0.1, -0.05) is 45.9 Å². The van der Waals surface area contributed by atoms with E-state index in [1.165, 1.54) is 18.4 Å². The van der Waals surface area contributed by atoms with Gasteiger partial charge in [-0.3, -0.25) is 29.1 Å². The Morgan fingerprint density at radius 1 is 1.04 bits per heavy atom. The zero-order chi connectivity index (χ0) is 39.6. The number of rotatable bonds is 16. The number of ether oxygens (including phenoxy) is 2. The highest BCUT2D eigenvalue weighted by Crippen LogP contribution is 2.41. The van der Waals surface area contributed by atoms with Crippen LogP contribution in [-0.2, 0) is 24.7 Å². The summed E-state index contributed by atoms with van der Waals surface area (Å²) < 4.78 is 14.2. The van der Waals surface area contributed by atoms with Crippen molar-refractivity contribution in [3.63, 3.8) is 0 Å². The van der Waals surface area contributed by atoms with Gasteiger partial charge in [-0.2, -0.15) is 0 Å². The Balaban J connectivity index is 0.911. The number of ketones is 2. The zero-order valence-electron chi connectivity index (χ0n) is 31.9. The molecule has 2 aliphatic heterocycles. The van der Waals surface area contributed by atoms with Gasteiger partial charge in [-0.25, -0.2) is 4.98 Å². The van der Waals surface area contributed by atoms with Crippen molar-refractivity contribution in [1.82, 2.24) is 9.55 Å². The molecule has 2 aromatic heterocycles. The highest BCUT2D eigenvalue weighted by molar-refractivity contribution is 8.76. The topological polar surface area (TPSA) is 132 Å². The first-order valence-corrected chi connectivity index (χ1v) is 21.7. The number of nitrogens with one attached hydrogen (secondary N) is 1. The number of carbonyl (C=O) groups excluding carboxylic acids is 4. The second-order valence-corrected chi connectivity index (χ2v) is 18.6. The normalized spacial score (nSPS) is 14.6. The zero-order valence-corrected chi connectivity index (χ0v) is 34.4. The number of methoxy groups -OCH3 is 1. The van der Waals surface area contributed by atoms with Gasteiger partial charge in [0, 0.05) is 66.3 Å². The summed E-state index contributed by atoms with van der Waals surface area (Å²) in [6.07, 6.45) is 8.14. The van der Waals surface area contributed by atoms with E-state index in [1.54, 1.807) is 62.6 Å². The van der Waals surface area contributed by atoms with Gasteiger partial charge >= 0.3 is 0 Å². The monoisotopic (exact) mass is 809 g/mol. The fraction of sp³-hybridized carbons (Fsp3) is 0.333. The number of para-hydroxylation sites is 1. The van der Waals surface area contributed by atoms with Gasteiger partial charge in [-0.15, -0.1) is 11.3 Å². The average molecular weight is 810 g/mol. The van der Waals surface area contributed by atoms with Crippen LogP contribution >= 0.6 is 32.9 Å². The first-order chi connectivity index (χ1) is 26.9. The highest BCUT2D eigenvalue weighted by Gasteiger charge is 2.36. The minimum Gasteiger partial charge on any atom is -0.493 e. The summed E-state index contributed by atoms with van der Waals surface area (Å²) in [4.78, 5) is 64.4. The fourth-order valence-corrected chi connectivity index (χ4v) is 10.3. The number of benzene rings is 3. The smallest absolute Gasteiger partial charge is 0.261 e. The van der Waals surface area contributed by atoms with Gasteiger partial charge in [0.05, 0.1) is 35.9 Å². The van der Waals surface area contributed by atoms with Gasteiger partial charge in [0.1, 0.15) is 0 Å². The van der Waals surface area contributed by atoms with E-state index in [9.17, 15) is 19.2 Å². The molecule has 56 heavy (non-hydrogen) atoms. The third-order valence-electron chi connectivity index (χ3n) is 9.81. The number of hydrogen-bond donors (Lipinski definition) is 1. The van der Waals surface area contributed by atoms with Crippen LogP contribution in [0.5, 0.6) is 11.5 Å². The molecular weight excluding hydrogens is 767 g/mol. The molecule has 0 saturated carbocycles. The molecule has 0 unspecified atom stereocenters. The Morgan fingerprint density at radius 3 is 2.66 bits per heavy atom. The summed E-state index contributed by atoms with van der Waals surface area (Å²) in [7, 11) is 6.73. The van der Waals surface area contributed by atoms with Gasteiger partial charge in [0.15, 0.2) is 28.9 Å². The molecule has 0 spiro atoms. The summed E-state index contributed by atoms with van der Waals surface area (Å²) in [5.74, 6) is 0.890. The molecule has 0 bridgehead atoms. The number of aromatic nitrogens is 2. The number of hydrogen-bond acceptors (Lipinski definition) is 11. The molecule has 11 nitrogen and oxygen atoms in total. The molecule has 1 atom stereocenters. The summed E-state index contributed by atoms with van der Waals surface area (Å²) >= 11 is 1.48. The number of carbonyl (C=O) groups is 4. The molecule has 14 heteroatoms. The second-order valence-electron chi connectivity index (χ2n) is 14.5. The molecule has 5 aromatic rings. The lowest BCUT2D eigenvalue weighted by molar-refractivity contribution is -0.116.